The van der Waals surface area contributed by atoms with Gasteiger partial charge in [0.25, 0.3) is 0 Å². The van der Waals surface area contributed by atoms with Crippen LogP contribution in [0.4, 0.5) is 0 Å². The van der Waals surface area contributed by atoms with Gasteiger partial charge in [0, 0.05) is 0 Å². The summed E-state index contributed by atoms with van der Waals surface area (Å²) >= 11 is 0. The third-order valence-electron chi connectivity index (χ3n) is 3.20. The molecule has 0 aliphatic carbocycles. The Balaban J connectivity index is 3.52. The zero-order valence-electron chi connectivity index (χ0n) is 11.5. The van der Waals surface area contributed by atoms with E-state index in [-0.39, 0.29) is 0 Å². The van der Waals surface area contributed by atoms with Crippen LogP contribution in [0, 0.1) is 11.8 Å². The lowest BCUT2D eigenvalue weighted by atomic mass is 9.99. The van der Waals surface area contributed by atoms with Gasteiger partial charge in [0.15, 0.2) is 0 Å². The van der Waals surface area contributed by atoms with Crippen LogP contribution in [0.1, 0.15) is 73.1 Å². The van der Waals surface area contributed by atoms with E-state index >= 15 is 0 Å². The van der Waals surface area contributed by atoms with Crippen LogP contribution in [0.15, 0.2) is 11.6 Å². The molecular formula is C15H30. The Morgan fingerprint density at radius 2 is 1.80 bits per heavy atom. The summed E-state index contributed by atoms with van der Waals surface area (Å²) in [6.45, 7) is 11.5. The molecule has 0 bridgehead atoms. The van der Waals surface area contributed by atoms with E-state index in [1.54, 1.807) is 5.57 Å². The molecule has 0 saturated heterocycles. The monoisotopic (exact) mass is 210 g/mol. The molecule has 0 aromatic heterocycles. The molecule has 0 aromatic carbocycles. The van der Waals surface area contributed by atoms with E-state index in [0.717, 1.165) is 11.8 Å². The molecule has 0 nitrogen and oxygen atoms in total. The van der Waals surface area contributed by atoms with Crippen LogP contribution in [-0.4, -0.2) is 0 Å². The Kier molecular flexibility index (Phi) is 8.85. The maximum Gasteiger partial charge on any atom is -0.0323 e. The van der Waals surface area contributed by atoms with Gasteiger partial charge in [-0.15, -0.1) is 0 Å². The largest absolute Gasteiger partial charge is 0.0856 e. The first kappa shape index (κ1) is 14.7. The second kappa shape index (κ2) is 9.00. The lowest BCUT2D eigenvalue weighted by molar-refractivity contribution is 0.519. The van der Waals surface area contributed by atoms with Crippen molar-refractivity contribution in [1.29, 1.82) is 0 Å². The number of hydrogen-bond acceptors (Lipinski definition) is 0. The highest BCUT2D eigenvalue weighted by Crippen LogP contribution is 2.15. The lowest BCUT2D eigenvalue weighted by Crippen LogP contribution is -1.91. The van der Waals surface area contributed by atoms with E-state index in [1.165, 1.54) is 38.5 Å². The van der Waals surface area contributed by atoms with Crippen molar-refractivity contribution < 1.29 is 0 Å². The molecule has 90 valence electrons. The highest BCUT2D eigenvalue weighted by atomic mass is 14.0. The van der Waals surface area contributed by atoms with Gasteiger partial charge >= 0.3 is 0 Å². The fourth-order valence-electron chi connectivity index (χ4n) is 1.71. The first-order valence-corrected chi connectivity index (χ1v) is 6.71. The number of rotatable bonds is 8. The van der Waals surface area contributed by atoms with Gasteiger partial charge in [0.05, 0.1) is 0 Å². The molecule has 0 radical (unpaired) electrons. The summed E-state index contributed by atoms with van der Waals surface area (Å²) in [4.78, 5) is 0. The molecule has 15 heavy (non-hydrogen) atoms. The summed E-state index contributed by atoms with van der Waals surface area (Å²) in [7, 11) is 0. The Morgan fingerprint density at radius 1 is 1.13 bits per heavy atom. The second-order valence-corrected chi connectivity index (χ2v) is 5.43. The van der Waals surface area contributed by atoms with Crippen molar-refractivity contribution in [2.24, 2.45) is 11.8 Å². The standard InChI is InChI=1S/C15H30/c1-6-14(4)10-8-12-15(5)11-7-9-13(2)3/h12-14H,6-11H2,1-5H3. The molecule has 0 N–H and O–H groups in total. The van der Waals surface area contributed by atoms with Crippen molar-refractivity contribution in [2.45, 2.75) is 73.1 Å². The van der Waals surface area contributed by atoms with Crippen molar-refractivity contribution >= 4 is 0 Å². The zero-order chi connectivity index (χ0) is 11.7. The normalized spacial score (nSPS) is 14.7. The molecule has 0 heteroatoms. The summed E-state index contributed by atoms with van der Waals surface area (Å²) in [5, 5.41) is 0. The smallest absolute Gasteiger partial charge is 0.0323 e. The molecule has 1 atom stereocenters. The van der Waals surface area contributed by atoms with E-state index in [2.05, 4.69) is 40.7 Å². The van der Waals surface area contributed by atoms with Gasteiger partial charge in [0.1, 0.15) is 0 Å². The maximum atomic E-state index is 2.45. The molecule has 0 amide bonds. The highest BCUT2D eigenvalue weighted by Gasteiger charge is 1.98. The van der Waals surface area contributed by atoms with E-state index in [4.69, 9.17) is 0 Å². The summed E-state index contributed by atoms with van der Waals surface area (Å²) < 4.78 is 0. The first-order valence-electron chi connectivity index (χ1n) is 6.71. The van der Waals surface area contributed by atoms with Gasteiger partial charge in [0.2, 0.25) is 0 Å². The van der Waals surface area contributed by atoms with Gasteiger partial charge in [-0.3, -0.25) is 0 Å². The van der Waals surface area contributed by atoms with Crippen molar-refractivity contribution in [1.82, 2.24) is 0 Å². The van der Waals surface area contributed by atoms with E-state index in [9.17, 15) is 0 Å². The minimum absolute atomic E-state index is 0.859. The van der Waals surface area contributed by atoms with Gasteiger partial charge in [-0.1, -0.05) is 52.2 Å². The SMILES string of the molecule is CCC(C)CCC=C(C)CCCC(C)C. The van der Waals surface area contributed by atoms with Crippen LogP contribution in [-0.2, 0) is 0 Å². The molecule has 0 aliphatic rings. The fraction of sp³-hybridized carbons (Fsp3) is 0.867. The van der Waals surface area contributed by atoms with Crippen molar-refractivity contribution in [3.8, 4) is 0 Å². The first-order chi connectivity index (χ1) is 7.06. The molecule has 0 fully saturated rings. The minimum Gasteiger partial charge on any atom is -0.0856 e. The van der Waals surface area contributed by atoms with Crippen LogP contribution in [0.2, 0.25) is 0 Å². The van der Waals surface area contributed by atoms with Gasteiger partial charge in [-0.2, -0.15) is 0 Å². The second-order valence-electron chi connectivity index (χ2n) is 5.43. The Labute approximate surface area is 97.2 Å². The van der Waals surface area contributed by atoms with Crippen molar-refractivity contribution in [3.63, 3.8) is 0 Å². The third-order valence-corrected chi connectivity index (χ3v) is 3.20. The van der Waals surface area contributed by atoms with Gasteiger partial charge < -0.3 is 0 Å². The fourth-order valence-corrected chi connectivity index (χ4v) is 1.71. The molecule has 0 heterocycles. The number of hydrogen-bond donors (Lipinski definition) is 0. The highest BCUT2D eigenvalue weighted by molar-refractivity contribution is 4.97. The van der Waals surface area contributed by atoms with Crippen LogP contribution < -0.4 is 0 Å². The Bertz CT molecular complexity index is 165. The van der Waals surface area contributed by atoms with Crippen LogP contribution in [0.5, 0.6) is 0 Å². The molecule has 0 aromatic rings. The van der Waals surface area contributed by atoms with Crippen LogP contribution in [0.3, 0.4) is 0 Å². The van der Waals surface area contributed by atoms with E-state index in [0.29, 0.717) is 0 Å². The average Bonchev–Trinajstić information content (AvgIpc) is 2.17. The van der Waals surface area contributed by atoms with E-state index < -0.39 is 0 Å². The number of allylic oxidation sites excluding steroid dienone is 2. The summed E-state index contributed by atoms with van der Waals surface area (Å²) in [6, 6.07) is 0. The van der Waals surface area contributed by atoms with Crippen LogP contribution in [0.25, 0.3) is 0 Å². The maximum absolute atomic E-state index is 2.45. The Morgan fingerprint density at radius 3 is 2.33 bits per heavy atom. The summed E-state index contributed by atoms with van der Waals surface area (Å²) in [5.41, 5.74) is 1.60. The molecular weight excluding hydrogens is 180 g/mol. The molecule has 0 aliphatic heterocycles. The molecule has 0 spiro atoms. The van der Waals surface area contributed by atoms with E-state index in [1.807, 2.05) is 0 Å². The van der Waals surface area contributed by atoms with Crippen LogP contribution >= 0.6 is 0 Å². The molecule has 0 rings (SSSR count). The minimum atomic E-state index is 0.859. The molecule has 1 unspecified atom stereocenters. The third kappa shape index (κ3) is 10.0. The predicted molar refractivity (Wildman–Crippen MR) is 71.1 cm³/mol. The topological polar surface area (TPSA) is 0 Å². The Hall–Kier alpha value is -0.260. The lowest BCUT2D eigenvalue weighted by Gasteiger charge is -2.07. The zero-order valence-corrected chi connectivity index (χ0v) is 11.5. The van der Waals surface area contributed by atoms with Gasteiger partial charge in [-0.05, 0) is 44.4 Å². The average molecular weight is 210 g/mol. The van der Waals surface area contributed by atoms with Crippen molar-refractivity contribution in [3.05, 3.63) is 11.6 Å². The molecule has 0 saturated carbocycles. The quantitative estimate of drug-likeness (QED) is 0.458. The van der Waals surface area contributed by atoms with Crippen molar-refractivity contribution in [2.75, 3.05) is 0 Å². The van der Waals surface area contributed by atoms with Gasteiger partial charge in [-0.25, -0.2) is 0 Å². The summed E-state index contributed by atoms with van der Waals surface area (Å²) in [6.07, 6.45) is 10.5. The predicted octanol–water partition coefficient (Wildman–Crippen LogP) is 5.59. The summed E-state index contributed by atoms with van der Waals surface area (Å²) in [5.74, 6) is 1.75.